The fraction of sp³-hybridized carbons (Fsp3) is 0.400. The first-order valence-electron chi connectivity index (χ1n) is 12.6. The van der Waals surface area contributed by atoms with Crippen molar-refractivity contribution < 1.29 is 19.1 Å². The Bertz CT molecular complexity index is 1290. The number of fused-ring (bicyclic) bond motifs is 1. The molecule has 0 aliphatic heterocycles. The SMILES string of the molecule is COc1ccc(CC(=O)Nc2sc3c(c2C(=O)Nc2ccc(C)cc2)CCC(C(C)(C)C)C3)cc1OC. The van der Waals surface area contributed by atoms with Crippen LogP contribution in [0.3, 0.4) is 0 Å². The van der Waals surface area contributed by atoms with E-state index in [0.29, 0.717) is 28.0 Å². The number of thiophene rings is 1. The summed E-state index contributed by atoms with van der Waals surface area (Å²) in [6, 6.07) is 13.2. The number of rotatable bonds is 7. The second-order valence-electron chi connectivity index (χ2n) is 10.7. The lowest BCUT2D eigenvalue weighted by Crippen LogP contribution is -2.27. The van der Waals surface area contributed by atoms with Crippen molar-refractivity contribution >= 4 is 33.8 Å². The Morgan fingerprint density at radius 2 is 1.70 bits per heavy atom. The van der Waals surface area contributed by atoms with Crippen LogP contribution in [0.4, 0.5) is 10.7 Å². The number of benzene rings is 2. The van der Waals surface area contributed by atoms with Gasteiger partial charge in [0.1, 0.15) is 5.00 Å². The summed E-state index contributed by atoms with van der Waals surface area (Å²) >= 11 is 1.54. The molecule has 0 saturated heterocycles. The van der Waals surface area contributed by atoms with Gasteiger partial charge in [-0.25, -0.2) is 0 Å². The van der Waals surface area contributed by atoms with Crippen LogP contribution in [0.5, 0.6) is 11.5 Å². The van der Waals surface area contributed by atoms with Gasteiger partial charge in [0, 0.05) is 10.6 Å². The first-order chi connectivity index (χ1) is 17.6. The molecular weight excluding hydrogens is 484 g/mol. The first kappa shape index (κ1) is 26.7. The Hall–Kier alpha value is -3.32. The summed E-state index contributed by atoms with van der Waals surface area (Å²) in [6.45, 7) is 8.83. The summed E-state index contributed by atoms with van der Waals surface area (Å²) < 4.78 is 10.7. The number of carbonyl (C=O) groups is 2. The van der Waals surface area contributed by atoms with E-state index >= 15 is 0 Å². The second kappa shape index (κ2) is 11.0. The second-order valence-corrected chi connectivity index (χ2v) is 11.9. The Balaban J connectivity index is 1.61. The largest absolute Gasteiger partial charge is 0.493 e. The molecule has 3 aromatic rings. The maximum atomic E-state index is 13.5. The number of hydrogen-bond acceptors (Lipinski definition) is 5. The third-order valence-electron chi connectivity index (χ3n) is 7.09. The molecule has 0 saturated carbocycles. The monoisotopic (exact) mass is 520 g/mol. The van der Waals surface area contributed by atoms with Crippen LogP contribution in [-0.2, 0) is 24.1 Å². The van der Waals surface area contributed by atoms with E-state index in [1.165, 1.54) is 16.2 Å². The molecule has 0 radical (unpaired) electrons. The van der Waals surface area contributed by atoms with Gasteiger partial charge in [0.05, 0.1) is 26.2 Å². The van der Waals surface area contributed by atoms with Crippen LogP contribution in [0.15, 0.2) is 42.5 Å². The standard InChI is InChI=1S/C30H36N2O4S/c1-18-7-11-21(12-8-18)31-28(34)27-22-13-10-20(30(2,3)4)17-25(22)37-29(27)32-26(33)16-19-9-14-23(35-5)24(15-19)36-6/h7-9,11-12,14-15,20H,10,13,16-17H2,1-6H3,(H,31,34)(H,32,33). The lowest BCUT2D eigenvalue weighted by atomic mass is 9.72. The van der Waals surface area contributed by atoms with Crippen molar-refractivity contribution in [3.63, 3.8) is 0 Å². The fourth-order valence-electron chi connectivity index (χ4n) is 4.83. The maximum absolute atomic E-state index is 13.5. The highest BCUT2D eigenvalue weighted by Gasteiger charge is 2.34. The average molecular weight is 521 g/mol. The summed E-state index contributed by atoms with van der Waals surface area (Å²) in [5, 5.41) is 6.72. The molecule has 7 heteroatoms. The minimum absolute atomic E-state index is 0.159. The Kier molecular flexibility index (Phi) is 7.93. The van der Waals surface area contributed by atoms with Crippen molar-refractivity contribution in [2.75, 3.05) is 24.9 Å². The number of hydrogen-bond donors (Lipinski definition) is 2. The number of carbonyl (C=O) groups excluding carboxylic acids is 2. The normalized spacial score (nSPS) is 15.0. The van der Waals surface area contributed by atoms with E-state index in [4.69, 9.17) is 9.47 Å². The van der Waals surface area contributed by atoms with Crippen LogP contribution in [0.2, 0.25) is 0 Å². The van der Waals surface area contributed by atoms with Gasteiger partial charge in [-0.15, -0.1) is 11.3 Å². The van der Waals surface area contributed by atoms with Gasteiger partial charge in [0.2, 0.25) is 5.91 Å². The van der Waals surface area contributed by atoms with E-state index in [2.05, 4.69) is 31.4 Å². The minimum Gasteiger partial charge on any atom is -0.493 e. The van der Waals surface area contributed by atoms with Crippen LogP contribution in [-0.4, -0.2) is 26.0 Å². The molecule has 1 aromatic heterocycles. The van der Waals surface area contributed by atoms with Gasteiger partial charge >= 0.3 is 0 Å². The van der Waals surface area contributed by atoms with Gasteiger partial charge in [-0.3, -0.25) is 9.59 Å². The number of methoxy groups -OCH3 is 2. The molecule has 1 unspecified atom stereocenters. The summed E-state index contributed by atoms with van der Waals surface area (Å²) in [6.07, 6.45) is 2.93. The summed E-state index contributed by atoms with van der Waals surface area (Å²) in [5.41, 5.74) is 4.51. The average Bonchev–Trinajstić information content (AvgIpc) is 3.21. The van der Waals surface area contributed by atoms with Crippen LogP contribution in [0.1, 0.15) is 59.1 Å². The van der Waals surface area contributed by atoms with Crippen molar-refractivity contribution in [2.45, 2.75) is 53.4 Å². The molecule has 1 atom stereocenters. The summed E-state index contributed by atoms with van der Waals surface area (Å²) in [4.78, 5) is 27.9. The summed E-state index contributed by atoms with van der Waals surface area (Å²) in [7, 11) is 3.15. The molecule has 4 rings (SSSR count). The molecule has 37 heavy (non-hydrogen) atoms. The van der Waals surface area contributed by atoms with Gasteiger partial charge in [0.15, 0.2) is 11.5 Å². The first-order valence-corrected chi connectivity index (χ1v) is 13.4. The predicted molar refractivity (Wildman–Crippen MR) is 150 cm³/mol. The van der Waals surface area contributed by atoms with Gasteiger partial charge in [0.25, 0.3) is 5.91 Å². The van der Waals surface area contributed by atoms with E-state index in [9.17, 15) is 9.59 Å². The summed E-state index contributed by atoms with van der Waals surface area (Å²) in [5.74, 6) is 1.35. The Labute approximate surface area is 223 Å². The molecule has 2 amide bonds. The zero-order valence-corrected chi connectivity index (χ0v) is 23.3. The van der Waals surface area contributed by atoms with E-state index in [0.717, 1.165) is 41.6 Å². The third kappa shape index (κ3) is 6.16. The Morgan fingerprint density at radius 1 is 1.00 bits per heavy atom. The maximum Gasteiger partial charge on any atom is 0.258 e. The van der Waals surface area contributed by atoms with Crippen LogP contribution >= 0.6 is 11.3 Å². The lowest BCUT2D eigenvalue weighted by molar-refractivity contribution is -0.115. The van der Waals surface area contributed by atoms with E-state index < -0.39 is 0 Å². The number of anilines is 2. The van der Waals surface area contributed by atoms with Crippen molar-refractivity contribution in [3.8, 4) is 11.5 Å². The number of amides is 2. The van der Waals surface area contributed by atoms with Gasteiger partial charge < -0.3 is 20.1 Å². The van der Waals surface area contributed by atoms with Crippen molar-refractivity contribution in [1.29, 1.82) is 0 Å². The topological polar surface area (TPSA) is 76.7 Å². The zero-order chi connectivity index (χ0) is 26.7. The van der Waals surface area contributed by atoms with E-state index in [1.807, 2.05) is 37.3 Å². The van der Waals surface area contributed by atoms with Crippen molar-refractivity contribution in [3.05, 3.63) is 69.6 Å². The van der Waals surface area contributed by atoms with Crippen LogP contribution in [0.25, 0.3) is 0 Å². The number of ether oxygens (including phenoxy) is 2. The molecule has 0 spiro atoms. The third-order valence-corrected chi connectivity index (χ3v) is 8.26. The predicted octanol–water partition coefficient (Wildman–Crippen LogP) is 6.66. The highest BCUT2D eigenvalue weighted by Crippen LogP contribution is 2.44. The molecule has 1 aliphatic rings. The molecule has 1 heterocycles. The van der Waals surface area contributed by atoms with Crippen LogP contribution in [0, 0.1) is 18.3 Å². The van der Waals surface area contributed by atoms with E-state index in [-0.39, 0.29) is 23.7 Å². The highest BCUT2D eigenvalue weighted by atomic mass is 32.1. The van der Waals surface area contributed by atoms with Gasteiger partial charge in [-0.05, 0) is 72.9 Å². The van der Waals surface area contributed by atoms with Crippen molar-refractivity contribution in [1.82, 2.24) is 0 Å². The Morgan fingerprint density at radius 3 is 2.35 bits per heavy atom. The molecule has 6 nitrogen and oxygen atoms in total. The quantitative estimate of drug-likeness (QED) is 0.365. The zero-order valence-electron chi connectivity index (χ0n) is 22.5. The van der Waals surface area contributed by atoms with Crippen molar-refractivity contribution in [2.24, 2.45) is 11.3 Å². The molecule has 0 fully saturated rings. The molecule has 2 N–H and O–H groups in total. The highest BCUT2D eigenvalue weighted by molar-refractivity contribution is 7.17. The molecule has 2 aromatic carbocycles. The molecule has 196 valence electrons. The minimum atomic E-state index is -0.183. The van der Waals surface area contributed by atoms with Gasteiger partial charge in [-0.1, -0.05) is 44.5 Å². The van der Waals surface area contributed by atoms with Crippen LogP contribution < -0.4 is 20.1 Å². The number of nitrogens with one attached hydrogen (secondary N) is 2. The smallest absolute Gasteiger partial charge is 0.258 e. The van der Waals surface area contributed by atoms with Gasteiger partial charge in [-0.2, -0.15) is 0 Å². The fourth-order valence-corrected chi connectivity index (χ4v) is 6.17. The number of aryl methyl sites for hydroxylation is 1. The van der Waals surface area contributed by atoms with E-state index in [1.54, 1.807) is 26.4 Å². The molecule has 0 bridgehead atoms. The molecule has 1 aliphatic carbocycles. The lowest BCUT2D eigenvalue weighted by Gasteiger charge is -2.33. The molecular formula is C30H36N2O4S.